The van der Waals surface area contributed by atoms with Gasteiger partial charge in [0.1, 0.15) is 4.60 Å². The molecule has 0 saturated carbocycles. The van der Waals surface area contributed by atoms with Gasteiger partial charge in [-0.1, -0.05) is 0 Å². The van der Waals surface area contributed by atoms with Gasteiger partial charge in [-0.05, 0) is 35.9 Å². The van der Waals surface area contributed by atoms with Crippen LogP contribution in [0.5, 0.6) is 0 Å². The molecule has 1 aromatic heterocycles. The standard InChI is InChI=1S/C6H10BrN3/c1-8-3-2-5-4-9-10-6(5)7/h4,8H,2-3H2,1H3,(H,9,10). The summed E-state index contributed by atoms with van der Waals surface area (Å²) in [5, 5.41) is 9.76. The van der Waals surface area contributed by atoms with Crippen LogP contribution in [0.3, 0.4) is 0 Å². The van der Waals surface area contributed by atoms with Crippen LogP contribution in [0.1, 0.15) is 5.56 Å². The Morgan fingerprint density at radius 3 is 3.10 bits per heavy atom. The maximum atomic E-state index is 3.87. The summed E-state index contributed by atoms with van der Waals surface area (Å²) in [6.07, 6.45) is 2.84. The van der Waals surface area contributed by atoms with E-state index in [1.165, 1.54) is 5.56 Å². The largest absolute Gasteiger partial charge is 0.319 e. The fraction of sp³-hybridized carbons (Fsp3) is 0.500. The first-order chi connectivity index (χ1) is 4.84. The Morgan fingerprint density at radius 2 is 2.60 bits per heavy atom. The van der Waals surface area contributed by atoms with Crippen LogP contribution in [0.4, 0.5) is 0 Å². The average molecular weight is 204 g/mol. The van der Waals surface area contributed by atoms with Gasteiger partial charge < -0.3 is 5.32 Å². The van der Waals surface area contributed by atoms with E-state index in [0.29, 0.717) is 0 Å². The topological polar surface area (TPSA) is 40.7 Å². The number of aromatic nitrogens is 2. The van der Waals surface area contributed by atoms with Gasteiger partial charge in [-0.15, -0.1) is 0 Å². The molecule has 2 N–H and O–H groups in total. The highest BCUT2D eigenvalue weighted by molar-refractivity contribution is 9.10. The van der Waals surface area contributed by atoms with Crippen LogP contribution in [0, 0.1) is 0 Å². The highest BCUT2D eigenvalue weighted by Gasteiger charge is 1.98. The van der Waals surface area contributed by atoms with Gasteiger partial charge in [-0.25, -0.2) is 0 Å². The molecule has 0 aliphatic heterocycles. The predicted molar refractivity (Wildman–Crippen MR) is 43.9 cm³/mol. The first kappa shape index (κ1) is 7.75. The van der Waals surface area contributed by atoms with E-state index in [-0.39, 0.29) is 0 Å². The summed E-state index contributed by atoms with van der Waals surface area (Å²) in [6.45, 7) is 0.984. The van der Waals surface area contributed by atoms with Crippen molar-refractivity contribution in [3.05, 3.63) is 16.4 Å². The van der Waals surface area contributed by atoms with Gasteiger partial charge in [0.15, 0.2) is 0 Å². The van der Waals surface area contributed by atoms with Crippen molar-refractivity contribution in [1.82, 2.24) is 15.5 Å². The molecule has 0 fully saturated rings. The second-order valence-electron chi connectivity index (χ2n) is 2.06. The monoisotopic (exact) mass is 203 g/mol. The summed E-state index contributed by atoms with van der Waals surface area (Å²) in [4.78, 5) is 0. The molecule has 10 heavy (non-hydrogen) atoms. The summed E-state index contributed by atoms with van der Waals surface area (Å²) in [5.74, 6) is 0. The molecule has 0 amide bonds. The Labute approximate surface area is 68.3 Å². The zero-order valence-corrected chi connectivity index (χ0v) is 7.40. The number of halogens is 1. The molecule has 1 aromatic rings. The van der Waals surface area contributed by atoms with Crippen LogP contribution < -0.4 is 5.32 Å². The Kier molecular flexibility index (Phi) is 2.89. The highest BCUT2D eigenvalue weighted by Crippen LogP contribution is 2.11. The number of rotatable bonds is 3. The van der Waals surface area contributed by atoms with E-state index in [1.807, 2.05) is 13.2 Å². The predicted octanol–water partition coefficient (Wildman–Crippen LogP) is 0.934. The summed E-state index contributed by atoms with van der Waals surface area (Å²) >= 11 is 3.35. The van der Waals surface area contributed by atoms with Gasteiger partial charge in [-0.3, -0.25) is 5.10 Å². The van der Waals surface area contributed by atoms with Gasteiger partial charge in [-0.2, -0.15) is 5.10 Å². The van der Waals surface area contributed by atoms with Crippen LogP contribution in [0.25, 0.3) is 0 Å². The first-order valence-electron chi connectivity index (χ1n) is 3.17. The average Bonchev–Trinajstić information content (AvgIpc) is 2.31. The lowest BCUT2D eigenvalue weighted by Gasteiger charge is -1.94. The summed E-state index contributed by atoms with van der Waals surface area (Å²) in [7, 11) is 1.94. The molecule has 4 heteroatoms. The molecule has 0 bridgehead atoms. The smallest absolute Gasteiger partial charge is 0.104 e. The molecule has 0 aliphatic carbocycles. The Hall–Kier alpha value is -0.350. The molecule has 56 valence electrons. The minimum atomic E-state index is 0.984. The third-order valence-electron chi connectivity index (χ3n) is 1.31. The second kappa shape index (κ2) is 3.73. The lowest BCUT2D eigenvalue weighted by molar-refractivity contribution is 0.790. The SMILES string of the molecule is CNCCc1cn[nH]c1Br. The number of nitrogens with zero attached hydrogens (tertiary/aromatic N) is 1. The number of H-pyrrole nitrogens is 1. The van der Waals surface area contributed by atoms with E-state index < -0.39 is 0 Å². The lowest BCUT2D eigenvalue weighted by atomic mass is 10.3. The molecule has 0 aromatic carbocycles. The fourth-order valence-electron chi connectivity index (χ4n) is 0.729. The molecular formula is C6H10BrN3. The number of nitrogens with one attached hydrogen (secondary N) is 2. The third-order valence-corrected chi connectivity index (χ3v) is 2.00. The minimum absolute atomic E-state index is 0.984. The number of hydrogen-bond donors (Lipinski definition) is 2. The quantitative estimate of drug-likeness (QED) is 0.768. The Balaban J connectivity index is 2.49. The van der Waals surface area contributed by atoms with Crippen LogP contribution in [0.2, 0.25) is 0 Å². The Bertz CT molecular complexity index is 197. The molecule has 0 aliphatic rings. The van der Waals surface area contributed by atoms with E-state index in [1.54, 1.807) is 0 Å². The van der Waals surface area contributed by atoms with Crippen molar-refractivity contribution in [3.8, 4) is 0 Å². The van der Waals surface area contributed by atoms with Crippen molar-refractivity contribution in [2.75, 3.05) is 13.6 Å². The minimum Gasteiger partial charge on any atom is -0.319 e. The fourth-order valence-corrected chi connectivity index (χ4v) is 1.13. The molecule has 0 atom stereocenters. The molecular weight excluding hydrogens is 194 g/mol. The normalized spacial score (nSPS) is 10.2. The number of hydrogen-bond acceptors (Lipinski definition) is 2. The molecule has 0 radical (unpaired) electrons. The summed E-state index contributed by atoms with van der Waals surface area (Å²) in [5.41, 5.74) is 1.22. The van der Waals surface area contributed by atoms with Crippen molar-refractivity contribution in [3.63, 3.8) is 0 Å². The van der Waals surface area contributed by atoms with Crippen LogP contribution in [-0.4, -0.2) is 23.8 Å². The lowest BCUT2D eigenvalue weighted by Crippen LogP contribution is -2.09. The van der Waals surface area contributed by atoms with Crippen molar-refractivity contribution >= 4 is 15.9 Å². The first-order valence-corrected chi connectivity index (χ1v) is 3.96. The molecule has 0 unspecified atom stereocenters. The van der Waals surface area contributed by atoms with Gasteiger partial charge in [0.25, 0.3) is 0 Å². The van der Waals surface area contributed by atoms with Crippen molar-refractivity contribution in [2.24, 2.45) is 0 Å². The van der Waals surface area contributed by atoms with Crippen LogP contribution >= 0.6 is 15.9 Å². The van der Waals surface area contributed by atoms with E-state index in [2.05, 4.69) is 31.4 Å². The van der Waals surface area contributed by atoms with E-state index in [0.717, 1.165) is 17.6 Å². The van der Waals surface area contributed by atoms with Gasteiger partial charge >= 0.3 is 0 Å². The van der Waals surface area contributed by atoms with Crippen LogP contribution in [0.15, 0.2) is 10.8 Å². The van der Waals surface area contributed by atoms with Crippen molar-refractivity contribution in [1.29, 1.82) is 0 Å². The molecule has 1 heterocycles. The maximum absolute atomic E-state index is 3.87. The maximum Gasteiger partial charge on any atom is 0.104 e. The second-order valence-corrected chi connectivity index (χ2v) is 2.86. The van der Waals surface area contributed by atoms with E-state index in [9.17, 15) is 0 Å². The van der Waals surface area contributed by atoms with E-state index in [4.69, 9.17) is 0 Å². The van der Waals surface area contributed by atoms with Crippen molar-refractivity contribution in [2.45, 2.75) is 6.42 Å². The molecule has 3 nitrogen and oxygen atoms in total. The molecule has 0 saturated heterocycles. The van der Waals surface area contributed by atoms with E-state index >= 15 is 0 Å². The van der Waals surface area contributed by atoms with Crippen molar-refractivity contribution < 1.29 is 0 Å². The zero-order valence-electron chi connectivity index (χ0n) is 5.82. The van der Waals surface area contributed by atoms with Gasteiger partial charge in [0.05, 0.1) is 6.20 Å². The Morgan fingerprint density at radius 1 is 1.80 bits per heavy atom. The number of aromatic amines is 1. The molecule has 0 spiro atoms. The van der Waals surface area contributed by atoms with Gasteiger partial charge in [0, 0.05) is 5.56 Å². The number of likely N-dealkylation sites (N-methyl/N-ethyl adjacent to an activating group) is 1. The summed E-state index contributed by atoms with van der Waals surface area (Å²) < 4.78 is 0.989. The highest BCUT2D eigenvalue weighted by atomic mass is 79.9. The van der Waals surface area contributed by atoms with Crippen LogP contribution in [-0.2, 0) is 6.42 Å². The molecule has 1 rings (SSSR count). The zero-order chi connectivity index (χ0) is 7.40. The third kappa shape index (κ3) is 1.82. The summed E-state index contributed by atoms with van der Waals surface area (Å²) in [6, 6.07) is 0. The van der Waals surface area contributed by atoms with Gasteiger partial charge in [0.2, 0.25) is 0 Å².